The summed E-state index contributed by atoms with van der Waals surface area (Å²) in [5.41, 5.74) is 1.07. The molecule has 2 aromatic heterocycles. The molecule has 0 aliphatic rings. The van der Waals surface area contributed by atoms with Crippen LogP contribution >= 0.6 is 46.7 Å². The van der Waals surface area contributed by atoms with E-state index in [1.807, 2.05) is 10.7 Å². The Morgan fingerprint density at radius 1 is 1.30 bits per heavy atom. The third-order valence-electron chi connectivity index (χ3n) is 3.14. The van der Waals surface area contributed by atoms with Gasteiger partial charge < -0.3 is 0 Å². The van der Waals surface area contributed by atoms with E-state index in [0.29, 0.717) is 6.67 Å². The van der Waals surface area contributed by atoms with Gasteiger partial charge in [-0.05, 0) is 37.8 Å². The third-order valence-corrected chi connectivity index (χ3v) is 6.80. The van der Waals surface area contributed by atoms with Gasteiger partial charge in [-0.25, -0.2) is 9.67 Å². The van der Waals surface area contributed by atoms with Crippen molar-refractivity contribution in [3.8, 4) is 0 Å². The topological polar surface area (TPSA) is 34.0 Å². The largest absolute Gasteiger partial charge is 0.281 e. The third kappa shape index (κ3) is 4.39. The number of hydrogen-bond donors (Lipinski definition) is 0. The quantitative estimate of drug-likeness (QED) is 0.430. The predicted octanol–water partition coefficient (Wildman–Crippen LogP) is 4.88. The Morgan fingerprint density at radius 2 is 2.13 bits per heavy atom. The van der Waals surface area contributed by atoms with Crippen molar-refractivity contribution in [2.75, 3.05) is 12.8 Å². The lowest BCUT2D eigenvalue weighted by atomic mass is 10.3. The van der Waals surface area contributed by atoms with Gasteiger partial charge in [0, 0.05) is 5.75 Å². The summed E-state index contributed by atoms with van der Waals surface area (Å²) < 4.78 is 5.04. The zero-order valence-electron chi connectivity index (χ0n) is 13.1. The Bertz CT molecular complexity index is 802. The molecule has 3 rings (SSSR count). The molecule has 0 N–H and O–H groups in total. The van der Waals surface area contributed by atoms with Crippen LogP contribution in [0.2, 0.25) is 0 Å². The normalized spacial score (nSPS) is 11.6. The van der Waals surface area contributed by atoms with E-state index in [2.05, 4.69) is 47.2 Å². The molecule has 122 valence electrons. The predicted molar refractivity (Wildman–Crippen MR) is 103 cm³/mol. The highest BCUT2D eigenvalue weighted by molar-refractivity contribution is 8.01. The smallest absolute Gasteiger partial charge is 0.181 e. The number of hydrogen-bond acceptors (Lipinski definition) is 7. The molecule has 0 aliphatic heterocycles. The number of fused-ring (bicyclic) bond motifs is 1. The molecule has 0 fully saturated rings. The summed E-state index contributed by atoms with van der Waals surface area (Å²) in [5, 5.41) is 5.73. The van der Waals surface area contributed by atoms with Crippen molar-refractivity contribution in [2.24, 2.45) is 0 Å². The second kappa shape index (κ2) is 7.85. The molecule has 0 radical (unpaired) electrons. The average molecular weight is 383 g/mol. The second-order valence-electron chi connectivity index (χ2n) is 5.21. The number of rotatable bonds is 7. The molecule has 0 spiro atoms. The Hall–Kier alpha value is -0.800. The van der Waals surface area contributed by atoms with Crippen LogP contribution in [0.25, 0.3) is 10.2 Å². The Morgan fingerprint density at radius 3 is 2.91 bits per heavy atom. The number of thioether (sulfide) groups is 1. The van der Waals surface area contributed by atoms with Crippen LogP contribution < -0.4 is 0 Å². The van der Waals surface area contributed by atoms with Crippen LogP contribution in [0.3, 0.4) is 0 Å². The average Bonchev–Trinajstić information content (AvgIpc) is 3.08. The summed E-state index contributed by atoms with van der Waals surface area (Å²) in [6.07, 6.45) is 1.15. The van der Waals surface area contributed by atoms with Crippen LogP contribution in [0, 0.1) is 3.95 Å². The maximum absolute atomic E-state index is 5.42. The molecule has 0 aliphatic carbocycles. The minimum Gasteiger partial charge on any atom is -0.281 e. The molecule has 3 aromatic rings. The molecule has 23 heavy (non-hydrogen) atoms. The van der Waals surface area contributed by atoms with E-state index in [9.17, 15) is 0 Å². The highest BCUT2D eigenvalue weighted by Crippen LogP contribution is 2.24. The standard InChI is InChI=1S/C15H18N4S4/c1-3-8-21-14-17-19(15(20)23-14)10-18(2)9-13-16-11-6-4-5-7-12(11)22-13/h4-7H,3,8-10H2,1-2H3. The summed E-state index contributed by atoms with van der Waals surface area (Å²) in [6.45, 7) is 3.67. The van der Waals surface area contributed by atoms with E-state index in [0.717, 1.165) is 37.5 Å². The lowest BCUT2D eigenvalue weighted by Gasteiger charge is -2.14. The number of aromatic nitrogens is 3. The van der Waals surface area contributed by atoms with Gasteiger partial charge >= 0.3 is 0 Å². The maximum atomic E-state index is 5.42. The lowest BCUT2D eigenvalue weighted by Crippen LogP contribution is -2.22. The van der Waals surface area contributed by atoms with Crippen LogP contribution in [0.15, 0.2) is 28.6 Å². The highest BCUT2D eigenvalue weighted by atomic mass is 32.2. The molecule has 0 unspecified atom stereocenters. The van der Waals surface area contributed by atoms with Gasteiger partial charge in [-0.15, -0.1) is 11.3 Å². The van der Waals surface area contributed by atoms with Gasteiger partial charge in [0.15, 0.2) is 8.29 Å². The van der Waals surface area contributed by atoms with Gasteiger partial charge in [0.2, 0.25) is 0 Å². The Kier molecular flexibility index (Phi) is 5.81. The van der Waals surface area contributed by atoms with E-state index >= 15 is 0 Å². The van der Waals surface area contributed by atoms with Crippen LogP contribution in [0.1, 0.15) is 18.4 Å². The molecular formula is C15H18N4S4. The van der Waals surface area contributed by atoms with Gasteiger partial charge in [0.05, 0.1) is 23.4 Å². The van der Waals surface area contributed by atoms with Crippen molar-refractivity contribution in [3.63, 3.8) is 0 Å². The maximum Gasteiger partial charge on any atom is 0.181 e. The van der Waals surface area contributed by atoms with E-state index in [4.69, 9.17) is 12.2 Å². The van der Waals surface area contributed by atoms with Crippen molar-refractivity contribution in [2.45, 2.75) is 30.9 Å². The number of nitrogens with zero attached hydrogens (tertiary/aromatic N) is 4. The van der Waals surface area contributed by atoms with E-state index in [-0.39, 0.29) is 0 Å². The van der Waals surface area contributed by atoms with Gasteiger partial charge in [0.25, 0.3) is 0 Å². The SMILES string of the molecule is CCCSc1nn(CN(C)Cc2nc3ccccc3s2)c(=S)s1. The number of thiazole rings is 1. The molecule has 2 heterocycles. The molecule has 0 amide bonds. The summed E-state index contributed by atoms with van der Waals surface area (Å²) in [7, 11) is 2.08. The van der Waals surface area contributed by atoms with Gasteiger partial charge in [0.1, 0.15) is 5.01 Å². The number of benzene rings is 1. The first-order valence-electron chi connectivity index (χ1n) is 7.39. The second-order valence-corrected chi connectivity index (χ2v) is 9.29. The van der Waals surface area contributed by atoms with Crippen LogP contribution in [-0.4, -0.2) is 32.5 Å². The fourth-order valence-electron chi connectivity index (χ4n) is 2.12. The minimum atomic E-state index is 0.692. The van der Waals surface area contributed by atoms with Crippen molar-refractivity contribution >= 4 is 56.9 Å². The van der Waals surface area contributed by atoms with Crippen LogP contribution in [0.5, 0.6) is 0 Å². The molecule has 1 aromatic carbocycles. The summed E-state index contributed by atoms with van der Waals surface area (Å²) in [5.74, 6) is 1.09. The highest BCUT2D eigenvalue weighted by Gasteiger charge is 2.09. The first-order chi connectivity index (χ1) is 11.2. The van der Waals surface area contributed by atoms with Gasteiger partial charge in [-0.3, -0.25) is 4.90 Å². The zero-order chi connectivity index (χ0) is 16.2. The van der Waals surface area contributed by atoms with E-state index in [1.54, 1.807) is 34.4 Å². The van der Waals surface area contributed by atoms with Gasteiger partial charge in [-0.1, -0.05) is 42.2 Å². The number of para-hydroxylation sites is 1. The fourth-order valence-corrected chi connectivity index (χ4v) is 5.41. The molecule has 0 saturated carbocycles. The summed E-state index contributed by atoms with van der Waals surface area (Å²) in [4.78, 5) is 6.88. The van der Waals surface area contributed by atoms with E-state index < -0.39 is 0 Å². The van der Waals surface area contributed by atoms with Crippen molar-refractivity contribution in [1.82, 2.24) is 19.7 Å². The lowest BCUT2D eigenvalue weighted by molar-refractivity contribution is 0.243. The van der Waals surface area contributed by atoms with Crippen molar-refractivity contribution in [1.29, 1.82) is 0 Å². The Labute approximate surface area is 153 Å². The fraction of sp³-hybridized carbons (Fsp3) is 0.400. The summed E-state index contributed by atoms with van der Waals surface area (Å²) in [6, 6.07) is 8.26. The minimum absolute atomic E-state index is 0.692. The molecular weight excluding hydrogens is 364 g/mol. The first-order valence-corrected chi connectivity index (χ1v) is 10.4. The van der Waals surface area contributed by atoms with Crippen LogP contribution in [0.4, 0.5) is 0 Å². The Balaban J connectivity index is 1.65. The molecule has 0 bridgehead atoms. The van der Waals surface area contributed by atoms with Crippen molar-refractivity contribution in [3.05, 3.63) is 33.2 Å². The molecule has 8 heteroatoms. The molecule has 4 nitrogen and oxygen atoms in total. The zero-order valence-corrected chi connectivity index (χ0v) is 16.3. The van der Waals surface area contributed by atoms with E-state index in [1.165, 1.54) is 4.70 Å². The monoisotopic (exact) mass is 382 g/mol. The molecule has 0 atom stereocenters. The summed E-state index contributed by atoms with van der Waals surface area (Å²) >= 11 is 10.5. The molecule has 0 saturated heterocycles. The van der Waals surface area contributed by atoms with Gasteiger partial charge in [-0.2, -0.15) is 5.10 Å². The first kappa shape index (κ1) is 17.0. The van der Waals surface area contributed by atoms with Crippen LogP contribution in [-0.2, 0) is 13.2 Å². The van der Waals surface area contributed by atoms with Crippen molar-refractivity contribution < 1.29 is 0 Å².